The smallest absolute Gasteiger partial charge is 0.245 e. The molecule has 1 fully saturated rings. The summed E-state index contributed by atoms with van der Waals surface area (Å²) in [5, 5.41) is 3.29. The van der Waals surface area contributed by atoms with Crippen molar-refractivity contribution in [3.8, 4) is 0 Å². The summed E-state index contributed by atoms with van der Waals surface area (Å²) in [6.07, 6.45) is 0.592. The molecule has 158 valence electrons. The first-order chi connectivity index (χ1) is 14.2. The molecule has 1 N–H and O–H groups in total. The van der Waals surface area contributed by atoms with Crippen molar-refractivity contribution < 1.29 is 22.0 Å². The molecule has 1 aromatic heterocycles. The van der Waals surface area contributed by atoms with E-state index in [2.05, 4.69) is 26.2 Å². The third kappa shape index (κ3) is 4.25. The molecule has 0 saturated carbocycles. The number of nitrogens with one attached hydrogen (secondary N) is 1. The molecule has 1 saturated heterocycles. The van der Waals surface area contributed by atoms with Gasteiger partial charge in [-0.2, -0.15) is 4.31 Å². The lowest BCUT2D eigenvalue weighted by Crippen LogP contribution is -2.41. The van der Waals surface area contributed by atoms with E-state index < -0.39 is 26.6 Å². The second kappa shape index (κ2) is 8.29. The number of rotatable bonds is 4. The summed E-state index contributed by atoms with van der Waals surface area (Å²) < 4.78 is 55.3. The fraction of sp³-hybridized carbons (Fsp3) is 0.263. The van der Waals surface area contributed by atoms with E-state index in [-0.39, 0.29) is 24.9 Å². The highest BCUT2D eigenvalue weighted by Crippen LogP contribution is 2.30. The highest BCUT2D eigenvalue weighted by molar-refractivity contribution is 9.10. The predicted octanol–water partition coefficient (Wildman–Crippen LogP) is 4.38. The number of aromatic nitrogens is 1. The molecule has 1 aliphatic heterocycles. The lowest BCUT2D eigenvalue weighted by atomic mass is 9.97. The molecular formula is C19H16BrF2N3O3S2. The minimum Gasteiger partial charge on any atom is -0.302 e. The highest BCUT2D eigenvalue weighted by atomic mass is 79.9. The van der Waals surface area contributed by atoms with Gasteiger partial charge in [0, 0.05) is 29.5 Å². The molecule has 6 nitrogen and oxygen atoms in total. The number of piperidine rings is 1. The average molecular weight is 516 g/mol. The van der Waals surface area contributed by atoms with Crippen molar-refractivity contribution in [2.45, 2.75) is 17.7 Å². The number of fused-ring (bicyclic) bond motifs is 1. The van der Waals surface area contributed by atoms with Crippen LogP contribution in [0.1, 0.15) is 12.8 Å². The predicted molar refractivity (Wildman–Crippen MR) is 114 cm³/mol. The maximum absolute atomic E-state index is 13.9. The van der Waals surface area contributed by atoms with E-state index in [0.717, 1.165) is 31.1 Å². The van der Waals surface area contributed by atoms with Gasteiger partial charge in [-0.25, -0.2) is 22.2 Å². The standard InChI is InChI=1S/C19H16BrF2N3O3S2/c20-12-1-3-15-16(9-12)29-19(23-15)24-18(26)11-5-7-25(8-6-11)30(27,28)17-4-2-13(21)10-14(17)22/h1-4,9-11H,5-8H2,(H,23,24,26). The monoisotopic (exact) mass is 515 g/mol. The zero-order valence-electron chi connectivity index (χ0n) is 15.4. The molecule has 0 radical (unpaired) electrons. The molecule has 0 atom stereocenters. The first kappa shape index (κ1) is 21.3. The molecule has 3 aromatic rings. The molecule has 0 unspecified atom stereocenters. The molecule has 1 amide bonds. The van der Waals surface area contributed by atoms with Gasteiger partial charge in [-0.05, 0) is 43.2 Å². The number of sulfonamides is 1. The van der Waals surface area contributed by atoms with E-state index in [1.807, 2.05) is 18.2 Å². The molecule has 0 aliphatic carbocycles. The number of halogens is 3. The maximum Gasteiger partial charge on any atom is 0.245 e. The van der Waals surface area contributed by atoms with Gasteiger partial charge in [-0.1, -0.05) is 27.3 Å². The zero-order valence-corrected chi connectivity index (χ0v) is 18.7. The average Bonchev–Trinajstić information content (AvgIpc) is 3.09. The van der Waals surface area contributed by atoms with Crippen molar-refractivity contribution in [2.75, 3.05) is 18.4 Å². The van der Waals surface area contributed by atoms with Crippen LogP contribution in [0.5, 0.6) is 0 Å². The highest BCUT2D eigenvalue weighted by Gasteiger charge is 2.33. The van der Waals surface area contributed by atoms with Crippen LogP contribution in [0.15, 0.2) is 45.8 Å². The summed E-state index contributed by atoms with van der Waals surface area (Å²) in [6, 6.07) is 8.01. The minimum absolute atomic E-state index is 0.0734. The van der Waals surface area contributed by atoms with Crippen molar-refractivity contribution in [1.29, 1.82) is 0 Å². The van der Waals surface area contributed by atoms with E-state index in [1.165, 1.54) is 11.3 Å². The number of nitrogens with zero attached hydrogens (tertiary/aromatic N) is 2. The van der Waals surface area contributed by atoms with Gasteiger partial charge < -0.3 is 5.32 Å². The minimum atomic E-state index is -4.09. The molecule has 2 aromatic carbocycles. The number of benzene rings is 2. The molecule has 0 bridgehead atoms. The third-order valence-electron chi connectivity index (χ3n) is 4.92. The Morgan fingerprint density at radius 3 is 2.60 bits per heavy atom. The molecule has 30 heavy (non-hydrogen) atoms. The van der Waals surface area contributed by atoms with Gasteiger partial charge in [0.15, 0.2) is 5.13 Å². The Labute approximate surface area is 184 Å². The fourth-order valence-corrected chi connectivity index (χ4v) is 6.28. The number of carbonyl (C=O) groups is 1. The molecule has 4 rings (SSSR count). The van der Waals surface area contributed by atoms with E-state index in [0.29, 0.717) is 24.0 Å². The van der Waals surface area contributed by atoms with Crippen molar-refractivity contribution in [3.05, 3.63) is 52.5 Å². The van der Waals surface area contributed by atoms with Crippen LogP contribution >= 0.6 is 27.3 Å². The molecule has 1 aliphatic rings. The lowest BCUT2D eigenvalue weighted by Gasteiger charge is -2.30. The van der Waals surface area contributed by atoms with Crippen LogP contribution in [0.3, 0.4) is 0 Å². The number of amides is 1. The summed E-state index contributed by atoms with van der Waals surface area (Å²) >= 11 is 4.75. The molecule has 11 heteroatoms. The third-order valence-corrected chi connectivity index (χ3v) is 8.28. The topological polar surface area (TPSA) is 79.4 Å². The SMILES string of the molecule is O=C(Nc1nc2ccc(Br)cc2s1)C1CCN(S(=O)(=O)c2ccc(F)cc2F)CC1. The van der Waals surface area contributed by atoms with Crippen LogP contribution in [-0.4, -0.2) is 36.7 Å². The molecule has 2 heterocycles. The van der Waals surface area contributed by atoms with Crippen LogP contribution in [0, 0.1) is 17.6 Å². The van der Waals surface area contributed by atoms with Gasteiger partial charge in [0.1, 0.15) is 16.5 Å². The number of hydrogen-bond acceptors (Lipinski definition) is 5. The zero-order chi connectivity index (χ0) is 21.5. The Balaban J connectivity index is 1.41. The quantitative estimate of drug-likeness (QED) is 0.559. The van der Waals surface area contributed by atoms with Crippen LogP contribution in [-0.2, 0) is 14.8 Å². The molecule has 0 spiro atoms. The fourth-order valence-electron chi connectivity index (χ4n) is 3.34. The summed E-state index contributed by atoms with van der Waals surface area (Å²) in [5.74, 6) is -2.58. The summed E-state index contributed by atoms with van der Waals surface area (Å²) in [5.41, 5.74) is 0.778. The van der Waals surface area contributed by atoms with Crippen molar-refractivity contribution >= 4 is 58.5 Å². The number of thiazole rings is 1. The van der Waals surface area contributed by atoms with Crippen LogP contribution in [0.25, 0.3) is 10.2 Å². The van der Waals surface area contributed by atoms with E-state index >= 15 is 0 Å². The van der Waals surface area contributed by atoms with Crippen LogP contribution < -0.4 is 5.32 Å². The number of carbonyl (C=O) groups excluding carboxylic acids is 1. The first-order valence-corrected chi connectivity index (χ1v) is 12.1. The van der Waals surface area contributed by atoms with E-state index in [4.69, 9.17) is 0 Å². The largest absolute Gasteiger partial charge is 0.302 e. The van der Waals surface area contributed by atoms with Gasteiger partial charge in [0.05, 0.1) is 10.2 Å². The second-order valence-electron chi connectivity index (χ2n) is 6.87. The van der Waals surface area contributed by atoms with Gasteiger partial charge in [0.25, 0.3) is 0 Å². The van der Waals surface area contributed by atoms with E-state index in [9.17, 15) is 22.0 Å². The van der Waals surface area contributed by atoms with E-state index in [1.54, 1.807) is 0 Å². The van der Waals surface area contributed by atoms with Gasteiger partial charge in [-0.15, -0.1) is 0 Å². The second-order valence-corrected chi connectivity index (χ2v) is 10.7. The molecular weight excluding hydrogens is 500 g/mol. The Bertz CT molecular complexity index is 1220. The summed E-state index contributed by atoms with van der Waals surface area (Å²) in [7, 11) is -4.09. The Hall–Kier alpha value is -1.95. The maximum atomic E-state index is 13.9. The van der Waals surface area contributed by atoms with Gasteiger partial charge in [-0.3, -0.25) is 4.79 Å². The van der Waals surface area contributed by atoms with Gasteiger partial charge >= 0.3 is 0 Å². The first-order valence-electron chi connectivity index (χ1n) is 9.06. The Morgan fingerprint density at radius 2 is 1.90 bits per heavy atom. The Morgan fingerprint density at radius 1 is 1.17 bits per heavy atom. The van der Waals surface area contributed by atoms with Crippen LogP contribution in [0.2, 0.25) is 0 Å². The number of anilines is 1. The number of hydrogen-bond donors (Lipinski definition) is 1. The van der Waals surface area contributed by atoms with Crippen molar-refractivity contribution in [1.82, 2.24) is 9.29 Å². The van der Waals surface area contributed by atoms with Crippen molar-refractivity contribution in [3.63, 3.8) is 0 Å². The van der Waals surface area contributed by atoms with Gasteiger partial charge in [0.2, 0.25) is 15.9 Å². The Kier molecular flexibility index (Phi) is 5.88. The lowest BCUT2D eigenvalue weighted by molar-refractivity contribution is -0.120. The normalized spacial score (nSPS) is 16.1. The summed E-state index contributed by atoms with van der Waals surface area (Å²) in [6.45, 7) is 0.147. The van der Waals surface area contributed by atoms with Crippen molar-refractivity contribution in [2.24, 2.45) is 5.92 Å². The van der Waals surface area contributed by atoms with Crippen LogP contribution in [0.4, 0.5) is 13.9 Å². The summed E-state index contributed by atoms with van der Waals surface area (Å²) in [4.78, 5) is 16.4.